The van der Waals surface area contributed by atoms with Crippen LogP contribution in [0, 0.1) is 18.3 Å². The molecule has 0 saturated heterocycles. The molecule has 0 saturated carbocycles. The molecule has 8 nitrogen and oxygen atoms in total. The van der Waals surface area contributed by atoms with E-state index in [0.717, 1.165) is 61.8 Å². The Morgan fingerprint density at radius 1 is 0.956 bits per heavy atom. The second-order valence-corrected chi connectivity index (χ2v) is 12.2. The number of thioether (sulfide) groups is 1. The third kappa shape index (κ3) is 7.34. The summed E-state index contributed by atoms with van der Waals surface area (Å²) < 4.78 is 15.1. The number of para-hydroxylation sites is 1. The van der Waals surface area contributed by atoms with Crippen LogP contribution in [0.15, 0.2) is 108 Å². The molecule has 1 N–H and O–H groups in total. The van der Waals surface area contributed by atoms with E-state index in [1.165, 1.54) is 0 Å². The zero-order chi connectivity index (χ0) is 31.0. The van der Waals surface area contributed by atoms with Crippen molar-refractivity contribution in [3.05, 3.63) is 115 Å². The smallest absolute Gasteiger partial charge is 0.227 e. The number of nitriles is 1. The first-order chi connectivity index (χ1) is 22.1. The number of hydrogen-bond donors (Lipinski definition) is 1. The van der Waals surface area contributed by atoms with Gasteiger partial charge in [0.05, 0.1) is 39.0 Å². The molecule has 3 heterocycles. The van der Waals surface area contributed by atoms with Gasteiger partial charge in [-0.2, -0.15) is 5.26 Å². The summed E-state index contributed by atoms with van der Waals surface area (Å²) in [7, 11) is 0. The molecular weight excluding hydrogens is 601 g/mol. The Bertz CT molecular complexity index is 1950. The molecule has 3 aromatic carbocycles. The van der Waals surface area contributed by atoms with E-state index >= 15 is 0 Å². The van der Waals surface area contributed by atoms with E-state index in [0.29, 0.717) is 23.9 Å². The predicted octanol–water partition coefficient (Wildman–Crippen LogP) is 8.98. The Morgan fingerprint density at radius 2 is 1.78 bits per heavy atom. The fourth-order valence-electron chi connectivity index (χ4n) is 4.82. The molecule has 0 aliphatic rings. The topological polar surface area (TPSA) is 97.9 Å². The van der Waals surface area contributed by atoms with Gasteiger partial charge in [0.2, 0.25) is 5.95 Å². The van der Waals surface area contributed by atoms with Gasteiger partial charge in [-0.25, -0.2) is 15.0 Å². The predicted molar refractivity (Wildman–Crippen MR) is 181 cm³/mol. The Labute approximate surface area is 270 Å². The maximum Gasteiger partial charge on any atom is 0.227 e. The van der Waals surface area contributed by atoms with Gasteiger partial charge in [0.1, 0.15) is 23.3 Å². The van der Waals surface area contributed by atoms with E-state index in [1.54, 1.807) is 29.3 Å². The Kier molecular flexibility index (Phi) is 9.39. The number of aryl methyl sites for hydroxylation is 2. The first-order valence-corrected chi connectivity index (χ1v) is 16.4. The lowest BCUT2D eigenvalue weighted by atomic mass is 10.0. The van der Waals surface area contributed by atoms with Crippen molar-refractivity contribution in [3.8, 4) is 45.0 Å². The van der Waals surface area contributed by atoms with Gasteiger partial charge in [0, 0.05) is 36.3 Å². The molecule has 0 aliphatic carbocycles. The summed E-state index contributed by atoms with van der Waals surface area (Å²) in [5.41, 5.74) is 4.88. The maximum absolute atomic E-state index is 10.2. The number of hydrogen-bond acceptors (Lipinski definition) is 9. The van der Waals surface area contributed by atoms with Crippen molar-refractivity contribution in [2.75, 3.05) is 18.2 Å². The van der Waals surface area contributed by atoms with Crippen LogP contribution in [-0.2, 0) is 6.54 Å². The Morgan fingerprint density at radius 3 is 2.58 bits per heavy atom. The van der Waals surface area contributed by atoms with Gasteiger partial charge in [-0.1, -0.05) is 36.4 Å². The summed E-state index contributed by atoms with van der Waals surface area (Å²) in [6.07, 6.45) is 8.44. The van der Waals surface area contributed by atoms with Crippen LogP contribution in [-0.4, -0.2) is 32.4 Å². The van der Waals surface area contributed by atoms with E-state index in [4.69, 9.17) is 14.5 Å². The van der Waals surface area contributed by atoms with E-state index in [9.17, 15) is 5.26 Å². The number of anilines is 2. The molecule has 0 bridgehead atoms. The molecule has 0 spiro atoms. The molecule has 0 fully saturated rings. The molecule has 3 aromatic heterocycles. The average Bonchev–Trinajstić information content (AvgIpc) is 3.67. The minimum absolute atomic E-state index is 0.449. The standard InChI is InChI=1S/C35H30N6O2S2/c1-24-22-41(23-38-24)17-8-18-42-28-13-7-10-26(20-28)39-35-37-16-15-31(40-35)33-32(30(21-36)34(44-2)45-33)25-9-6-14-29(19-25)43-27-11-4-3-5-12-27/h3-7,9-16,19-20,22-23H,8,17-18H2,1-2H3,(H,37,39,40). The fourth-order valence-corrected chi connectivity index (χ4v) is 6.73. The number of nitrogens with zero attached hydrogens (tertiary/aromatic N) is 5. The van der Waals surface area contributed by atoms with Crippen molar-refractivity contribution in [2.45, 2.75) is 24.1 Å². The maximum atomic E-state index is 10.2. The van der Waals surface area contributed by atoms with E-state index in [2.05, 4.69) is 25.9 Å². The average molecular weight is 631 g/mol. The van der Waals surface area contributed by atoms with Crippen molar-refractivity contribution in [3.63, 3.8) is 0 Å². The first kappa shape index (κ1) is 29.9. The van der Waals surface area contributed by atoms with Crippen molar-refractivity contribution < 1.29 is 9.47 Å². The van der Waals surface area contributed by atoms with Crippen molar-refractivity contribution in [1.29, 1.82) is 5.26 Å². The third-order valence-electron chi connectivity index (χ3n) is 6.84. The highest BCUT2D eigenvalue weighted by atomic mass is 32.2. The number of imidazole rings is 1. The zero-order valence-electron chi connectivity index (χ0n) is 24.8. The lowest BCUT2D eigenvalue weighted by Crippen LogP contribution is -2.03. The van der Waals surface area contributed by atoms with Crippen LogP contribution < -0.4 is 14.8 Å². The molecule has 224 valence electrons. The SMILES string of the molecule is CSc1sc(-c2ccnc(Nc3cccc(OCCCn4cnc(C)c4)c3)n2)c(-c2cccc(Oc3ccccc3)c2)c1C#N. The highest BCUT2D eigenvalue weighted by Gasteiger charge is 2.22. The summed E-state index contributed by atoms with van der Waals surface area (Å²) in [5, 5.41) is 13.5. The number of ether oxygens (including phenoxy) is 2. The van der Waals surface area contributed by atoms with Gasteiger partial charge in [-0.3, -0.25) is 0 Å². The molecule has 0 amide bonds. The number of thiophene rings is 1. The van der Waals surface area contributed by atoms with Gasteiger partial charge >= 0.3 is 0 Å². The monoisotopic (exact) mass is 630 g/mol. The molecule has 0 unspecified atom stereocenters. The summed E-state index contributed by atoms with van der Waals surface area (Å²) in [5.74, 6) is 2.65. The Balaban J connectivity index is 1.22. The van der Waals surface area contributed by atoms with Crippen molar-refractivity contribution in [1.82, 2.24) is 19.5 Å². The van der Waals surface area contributed by atoms with Crippen LogP contribution in [0.1, 0.15) is 17.7 Å². The second-order valence-electron chi connectivity index (χ2n) is 10.1. The molecule has 6 rings (SSSR count). The molecule has 0 radical (unpaired) electrons. The molecule has 6 aromatic rings. The minimum Gasteiger partial charge on any atom is -0.493 e. The lowest BCUT2D eigenvalue weighted by molar-refractivity contribution is 0.302. The largest absolute Gasteiger partial charge is 0.493 e. The number of rotatable bonds is 12. The minimum atomic E-state index is 0.449. The van der Waals surface area contributed by atoms with Gasteiger partial charge in [0.15, 0.2) is 0 Å². The summed E-state index contributed by atoms with van der Waals surface area (Å²) >= 11 is 3.11. The van der Waals surface area contributed by atoms with Crippen LogP contribution in [0.3, 0.4) is 0 Å². The van der Waals surface area contributed by atoms with Gasteiger partial charge in [-0.05, 0) is 67.6 Å². The number of aromatic nitrogens is 4. The summed E-state index contributed by atoms with van der Waals surface area (Å²) in [6, 6.07) is 29.5. The van der Waals surface area contributed by atoms with Gasteiger partial charge < -0.3 is 19.4 Å². The highest BCUT2D eigenvalue weighted by Crippen LogP contribution is 2.46. The van der Waals surface area contributed by atoms with Crippen LogP contribution in [0.2, 0.25) is 0 Å². The molecular formula is C35H30N6O2S2. The van der Waals surface area contributed by atoms with Crippen LogP contribution >= 0.6 is 23.1 Å². The van der Waals surface area contributed by atoms with Crippen LogP contribution in [0.25, 0.3) is 21.7 Å². The van der Waals surface area contributed by atoms with Crippen LogP contribution in [0.4, 0.5) is 11.6 Å². The van der Waals surface area contributed by atoms with Crippen LogP contribution in [0.5, 0.6) is 17.2 Å². The molecule has 10 heteroatoms. The normalized spacial score (nSPS) is 10.8. The lowest BCUT2D eigenvalue weighted by Gasteiger charge is -2.11. The number of nitrogens with one attached hydrogen (secondary N) is 1. The molecule has 45 heavy (non-hydrogen) atoms. The van der Waals surface area contributed by atoms with Crippen molar-refractivity contribution in [2.24, 2.45) is 0 Å². The first-order valence-electron chi connectivity index (χ1n) is 14.4. The second kappa shape index (κ2) is 14.1. The zero-order valence-corrected chi connectivity index (χ0v) is 26.4. The van der Waals surface area contributed by atoms with E-state index < -0.39 is 0 Å². The highest BCUT2D eigenvalue weighted by molar-refractivity contribution is 8.00. The fraction of sp³-hybridized carbons (Fsp3) is 0.143. The van der Waals surface area contributed by atoms with Gasteiger partial charge in [-0.15, -0.1) is 23.1 Å². The number of benzene rings is 3. The molecule has 0 atom stereocenters. The molecule has 0 aliphatic heterocycles. The third-order valence-corrected chi connectivity index (χ3v) is 9.18. The quantitative estimate of drug-likeness (QED) is 0.106. The van der Waals surface area contributed by atoms with E-state index in [-0.39, 0.29) is 0 Å². The van der Waals surface area contributed by atoms with Crippen molar-refractivity contribution >= 4 is 34.7 Å². The van der Waals surface area contributed by atoms with Gasteiger partial charge in [0.25, 0.3) is 0 Å². The summed E-state index contributed by atoms with van der Waals surface area (Å²) in [4.78, 5) is 14.5. The summed E-state index contributed by atoms with van der Waals surface area (Å²) in [6.45, 7) is 3.42. The Hall–Kier alpha value is -5.11. The van der Waals surface area contributed by atoms with E-state index in [1.807, 2.05) is 111 Å².